The Morgan fingerprint density at radius 3 is 2.48 bits per heavy atom. The van der Waals surface area contributed by atoms with Gasteiger partial charge in [-0.3, -0.25) is 4.90 Å². The van der Waals surface area contributed by atoms with Crippen LogP contribution in [-0.4, -0.2) is 16.3 Å². The molecule has 0 radical (unpaired) electrons. The third kappa shape index (κ3) is 3.95. The average molecular weight is 338 g/mol. The molecule has 0 N–H and O–H groups in total. The minimum Gasteiger partial charge on any atom is -0.443 e. The van der Waals surface area contributed by atoms with Crippen LogP contribution in [0.25, 0.3) is 0 Å². The smallest absolute Gasteiger partial charge is 0.416 e. The third-order valence-electron chi connectivity index (χ3n) is 4.31. The van der Waals surface area contributed by atoms with Gasteiger partial charge in [-0.05, 0) is 44.4 Å². The Balaban J connectivity index is 1.96. The first kappa shape index (κ1) is 17.3. The lowest BCUT2D eigenvalue weighted by Gasteiger charge is -2.28. The molecule has 0 saturated carbocycles. The largest absolute Gasteiger partial charge is 0.443 e. The van der Waals surface area contributed by atoms with E-state index in [9.17, 15) is 4.79 Å². The summed E-state index contributed by atoms with van der Waals surface area (Å²) in [5.74, 6) is 0.881. The number of hydrogen-bond donors (Lipinski definition) is 0. The second-order valence-corrected chi connectivity index (χ2v) is 7.47. The summed E-state index contributed by atoms with van der Waals surface area (Å²) in [7, 11) is 2.02. The number of ether oxygens (including phenoxy) is 1. The van der Waals surface area contributed by atoms with Crippen LogP contribution in [0.2, 0.25) is 0 Å². The van der Waals surface area contributed by atoms with E-state index in [1.807, 2.05) is 58.2 Å². The molecule has 0 spiro atoms. The van der Waals surface area contributed by atoms with Gasteiger partial charge in [0.15, 0.2) is 0 Å². The lowest BCUT2D eigenvalue weighted by atomic mass is 10.1. The molecule has 0 atom stereocenters. The lowest BCUT2D eigenvalue weighted by Crippen LogP contribution is -2.37. The van der Waals surface area contributed by atoms with E-state index in [-0.39, 0.29) is 6.09 Å². The molecule has 1 aliphatic carbocycles. The van der Waals surface area contributed by atoms with E-state index in [4.69, 9.17) is 4.74 Å². The number of carbonyl (C=O) groups is 1. The first-order valence-electron chi connectivity index (χ1n) is 8.72. The number of amides is 1. The maximum atomic E-state index is 12.9. The van der Waals surface area contributed by atoms with Crippen LogP contribution in [0.15, 0.2) is 48.6 Å². The van der Waals surface area contributed by atoms with Gasteiger partial charge < -0.3 is 9.30 Å². The normalized spacial score (nSPS) is 13.4. The van der Waals surface area contributed by atoms with E-state index in [2.05, 4.69) is 22.8 Å². The van der Waals surface area contributed by atoms with Crippen LogP contribution in [-0.2, 0) is 31.2 Å². The maximum Gasteiger partial charge on any atom is 0.416 e. The van der Waals surface area contributed by atoms with Crippen molar-refractivity contribution in [2.75, 3.05) is 4.90 Å². The van der Waals surface area contributed by atoms with E-state index in [1.165, 1.54) is 11.3 Å². The number of anilines is 1. The summed E-state index contributed by atoms with van der Waals surface area (Å²) in [6, 6.07) is 12.1. The molecule has 1 heterocycles. The fraction of sp³-hybridized carbons (Fsp3) is 0.381. The number of carbonyl (C=O) groups excluding carboxylic acids is 1. The van der Waals surface area contributed by atoms with Gasteiger partial charge in [-0.2, -0.15) is 0 Å². The Hall–Kier alpha value is -2.49. The zero-order chi connectivity index (χ0) is 18.0. The second-order valence-electron chi connectivity index (χ2n) is 7.47. The summed E-state index contributed by atoms with van der Waals surface area (Å²) >= 11 is 0. The van der Waals surface area contributed by atoms with Crippen LogP contribution in [0.4, 0.5) is 10.6 Å². The molecule has 0 aliphatic heterocycles. The Labute approximate surface area is 149 Å². The molecule has 1 aromatic carbocycles. The van der Waals surface area contributed by atoms with Crippen LogP contribution in [0, 0.1) is 0 Å². The van der Waals surface area contributed by atoms with Crippen molar-refractivity contribution in [2.45, 2.75) is 45.8 Å². The van der Waals surface area contributed by atoms with E-state index >= 15 is 0 Å². The van der Waals surface area contributed by atoms with Gasteiger partial charge in [-0.25, -0.2) is 4.79 Å². The fourth-order valence-electron chi connectivity index (χ4n) is 3.12. The first-order valence-corrected chi connectivity index (χ1v) is 8.72. The topological polar surface area (TPSA) is 34.5 Å². The van der Waals surface area contributed by atoms with Crippen molar-refractivity contribution in [1.29, 1.82) is 0 Å². The Morgan fingerprint density at radius 2 is 1.84 bits per heavy atom. The van der Waals surface area contributed by atoms with Crippen LogP contribution in [0.1, 0.15) is 37.6 Å². The number of aromatic nitrogens is 1. The van der Waals surface area contributed by atoms with Crippen molar-refractivity contribution in [1.82, 2.24) is 4.57 Å². The molecule has 0 bridgehead atoms. The summed E-state index contributed by atoms with van der Waals surface area (Å²) in [6.07, 6.45) is 5.86. The van der Waals surface area contributed by atoms with Crippen molar-refractivity contribution >= 4 is 11.9 Å². The predicted octanol–water partition coefficient (Wildman–Crippen LogP) is 4.62. The molecule has 0 fully saturated rings. The molecule has 0 unspecified atom stereocenters. The van der Waals surface area contributed by atoms with E-state index < -0.39 is 5.60 Å². The van der Waals surface area contributed by atoms with Gasteiger partial charge in [-0.15, -0.1) is 0 Å². The van der Waals surface area contributed by atoms with Gasteiger partial charge in [0.05, 0.1) is 6.54 Å². The minimum absolute atomic E-state index is 0.317. The molecule has 0 saturated heterocycles. The molecule has 1 aromatic heterocycles. The summed E-state index contributed by atoms with van der Waals surface area (Å²) in [6.45, 7) is 6.17. The Kier molecular flexibility index (Phi) is 4.71. The lowest BCUT2D eigenvalue weighted by molar-refractivity contribution is 0.0575. The molecule has 2 aromatic rings. The highest BCUT2D eigenvalue weighted by Gasteiger charge is 2.27. The van der Waals surface area contributed by atoms with Gasteiger partial charge in [0.2, 0.25) is 0 Å². The predicted molar refractivity (Wildman–Crippen MR) is 101 cm³/mol. The average Bonchev–Trinajstić information content (AvgIpc) is 2.89. The van der Waals surface area contributed by atoms with Crippen LogP contribution >= 0.6 is 0 Å². The SMILES string of the molecule is Cn1c(N(Cc2ccccc2)C(=O)OC(C)(C)C)cc2c1CC=CC2. The number of allylic oxidation sites excluding steroid dienone is 2. The number of hydrogen-bond acceptors (Lipinski definition) is 2. The van der Waals surface area contributed by atoms with Crippen molar-refractivity contribution in [2.24, 2.45) is 7.05 Å². The van der Waals surface area contributed by atoms with Crippen molar-refractivity contribution in [3.05, 3.63) is 65.4 Å². The van der Waals surface area contributed by atoms with Crippen LogP contribution in [0.3, 0.4) is 0 Å². The summed E-state index contributed by atoms with van der Waals surface area (Å²) in [5, 5.41) is 0. The van der Waals surface area contributed by atoms with Gasteiger partial charge in [0.25, 0.3) is 0 Å². The van der Waals surface area contributed by atoms with Crippen molar-refractivity contribution in [3.8, 4) is 0 Å². The molecule has 1 amide bonds. The summed E-state index contributed by atoms with van der Waals surface area (Å²) < 4.78 is 7.79. The summed E-state index contributed by atoms with van der Waals surface area (Å²) in [4.78, 5) is 14.6. The first-order chi connectivity index (χ1) is 11.8. The highest BCUT2D eigenvalue weighted by atomic mass is 16.6. The molecular formula is C21H26N2O2. The van der Waals surface area contributed by atoms with Gasteiger partial charge in [-0.1, -0.05) is 42.5 Å². The molecular weight excluding hydrogens is 312 g/mol. The molecule has 4 heteroatoms. The van der Waals surface area contributed by atoms with E-state index in [0.29, 0.717) is 6.54 Å². The van der Waals surface area contributed by atoms with E-state index in [1.54, 1.807) is 4.90 Å². The maximum absolute atomic E-state index is 12.9. The molecule has 1 aliphatic rings. The number of benzene rings is 1. The second kappa shape index (κ2) is 6.79. The zero-order valence-electron chi connectivity index (χ0n) is 15.5. The molecule has 3 rings (SSSR count). The Bertz CT molecular complexity index is 782. The number of rotatable bonds is 3. The van der Waals surface area contributed by atoms with Gasteiger partial charge in [0, 0.05) is 19.2 Å². The van der Waals surface area contributed by atoms with Crippen LogP contribution in [0.5, 0.6) is 0 Å². The Morgan fingerprint density at radius 1 is 1.16 bits per heavy atom. The highest BCUT2D eigenvalue weighted by Crippen LogP contribution is 2.29. The minimum atomic E-state index is -0.529. The van der Waals surface area contributed by atoms with Gasteiger partial charge in [0.1, 0.15) is 11.4 Å². The highest BCUT2D eigenvalue weighted by molar-refractivity contribution is 5.87. The monoisotopic (exact) mass is 338 g/mol. The number of nitrogens with zero attached hydrogens (tertiary/aromatic N) is 2. The van der Waals surface area contributed by atoms with Crippen LogP contribution < -0.4 is 4.90 Å². The zero-order valence-corrected chi connectivity index (χ0v) is 15.5. The van der Waals surface area contributed by atoms with Gasteiger partial charge >= 0.3 is 6.09 Å². The molecule has 4 nitrogen and oxygen atoms in total. The van der Waals surface area contributed by atoms with Crippen molar-refractivity contribution in [3.63, 3.8) is 0 Å². The van der Waals surface area contributed by atoms with Crippen molar-refractivity contribution < 1.29 is 9.53 Å². The molecule has 132 valence electrons. The standard InChI is InChI=1S/C21H26N2O2/c1-21(2,3)25-20(24)23(15-16-10-6-5-7-11-16)19-14-17-12-8-9-13-18(17)22(19)4/h5-11,14H,12-13,15H2,1-4H3. The number of fused-ring (bicyclic) bond motifs is 1. The third-order valence-corrected chi connectivity index (χ3v) is 4.31. The van der Waals surface area contributed by atoms with E-state index in [0.717, 1.165) is 24.2 Å². The fourth-order valence-corrected chi connectivity index (χ4v) is 3.12. The molecule has 25 heavy (non-hydrogen) atoms. The quantitative estimate of drug-likeness (QED) is 0.765. The summed E-state index contributed by atoms with van der Waals surface area (Å²) in [5.41, 5.74) is 3.09.